The highest BCUT2D eigenvalue weighted by atomic mass is 32.2. The molecule has 32 heavy (non-hydrogen) atoms. The van der Waals surface area contributed by atoms with Crippen LogP contribution in [0, 0.1) is 6.92 Å². The molecular formula is C21H28N6O4S. The second kappa shape index (κ2) is 8.64. The van der Waals surface area contributed by atoms with Crippen LogP contribution in [-0.2, 0) is 10.0 Å². The van der Waals surface area contributed by atoms with E-state index < -0.39 is 10.0 Å². The number of nitrogens with two attached hydrogens (primary N) is 1. The van der Waals surface area contributed by atoms with Gasteiger partial charge in [-0.1, -0.05) is 19.3 Å². The summed E-state index contributed by atoms with van der Waals surface area (Å²) >= 11 is 0. The molecule has 10 nitrogen and oxygen atoms in total. The van der Waals surface area contributed by atoms with E-state index in [1.807, 2.05) is 0 Å². The number of rotatable bonds is 6. The number of aromatic amines is 1. The Morgan fingerprint density at radius 1 is 1.28 bits per heavy atom. The number of aryl methyl sites for hydroxylation is 1. The average Bonchev–Trinajstić information content (AvgIpc) is 3.11. The van der Waals surface area contributed by atoms with Crippen molar-refractivity contribution in [1.29, 1.82) is 0 Å². The van der Waals surface area contributed by atoms with Crippen LogP contribution in [0.25, 0.3) is 22.4 Å². The Morgan fingerprint density at radius 2 is 2.00 bits per heavy atom. The van der Waals surface area contributed by atoms with Crippen LogP contribution in [-0.4, -0.2) is 57.7 Å². The van der Waals surface area contributed by atoms with Gasteiger partial charge in [-0.15, -0.1) is 0 Å². The molecule has 3 aromatic rings. The molecule has 0 unspecified atom stereocenters. The number of benzene rings is 1. The Morgan fingerprint density at radius 3 is 2.66 bits per heavy atom. The zero-order valence-electron chi connectivity index (χ0n) is 18.2. The van der Waals surface area contributed by atoms with Crippen LogP contribution in [0.5, 0.6) is 5.75 Å². The lowest BCUT2D eigenvalue weighted by atomic mass is 9.95. The zero-order chi connectivity index (χ0) is 23.0. The van der Waals surface area contributed by atoms with E-state index in [4.69, 9.17) is 5.73 Å². The number of hydrogen-bond donors (Lipinski definition) is 3. The maximum absolute atomic E-state index is 13.0. The molecule has 4 rings (SSSR count). The standard InChI is InChI=1S/C21H28N6O4S/c1-13-18-19(27(25-13)14-6-4-3-5-7-14)21(29)24-20(23-18)16-9-8-15(12-17(16)28)32(30,31)26(2)11-10-22/h8-9,12,14,28H,3-7,10-11,22H2,1-2H3,(H,23,24,29). The van der Waals surface area contributed by atoms with Crippen LogP contribution in [0.2, 0.25) is 0 Å². The first-order chi connectivity index (χ1) is 15.2. The molecule has 172 valence electrons. The predicted molar refractivity (Wildman–Crippen MR) is 121 cm³/mol. The number of fused-ring (bicyclic) bond motifs is 1. The summed E-state index contributed by atoms with van der Waals surface area (Å²) in [5.74, 6) is -0.141. The van der Waals surface area contributed by atoms with Gasteiger partial charge in [-0.2, -0.15) is 9.40 Å². The van der Waals surface area contributed by atoms with Crippen molar-refractivity contribution in [3.8, 4) is 17.1 Å². The molecule has 1 fully saturated rings. The Bertz CT molecular complexity index is 1310. The van der Waals surface area contributed by atoms with Crippen molar-refractivity contribution >= 4 is 21.1 Å². The van der Waals surface area contributed by atoms with E-state index in [1.165, 1.54) is 25.6 Å². The Labute approximate surface area is 186 Å². The minimum absolute atomic E-state index is 0.0700. The number of likely N-dealkylation sites (N-methyl/N-ethyl adjacent to an activating group) is 1. The molecule has 0 atom stereocenters. The van der Waals surface area contributed by atoms with E-state index in [-0.39, 0.29) is 46.7 Å². The molecule has 0 amide bonds. The Hall–Kier alpha value is -2.76. The molecule has 0 spiro atoms. The number of H-pyrrole nitrogens is 1. The summed E-state index contributed by atoms with van der Waals surface area (Å²) in [7, 11) is -2.37. The van der Waals surface area contributed by atoms with Crippen LogP contribution in [0.3, 0.4) is 0 Å². The summed E-state index contributed by atoms with van der Waals surface area (Å²) in [6, 6.07) is 4.14. The highest BCUT2D eigenvalue weighted by molar-refractivity contribution is 7.89. The Kier molecular flexibility index (Phi) is 6.06. The van der Waals surface area contributed by atoms with Crippen molar-refractivity contribution in [3.05, 3.63) is 34.2 Å². The molecule has 0 bridgehead atoms. The topological polar surface area (TPSA) is 147 Å². The van der Waals surface area contributed by atoms with Gasteiger partial charge in [-0.05, 0) is 31.9 Å². The van der Waals surface area contributed by atoms with E-state index in [9.17, 15) is 18.3 Å². The van der Waals surface area contributed by atoms with Gasteiger partial charge in [0.1, 0.15) is 17.1 Å². The Balaban J connectivity index is 1.76. The number of aromatic nitrogens is 4. The molecule has 1 aromatic carbocycles. The number of phenolic OH excluding ortho intramolecular Hbond substituents is 1. The van der Waals surface area contributed by atoms with Gasteiger partial charge in [0.25, 0.3) is 5.56 Å². The first-order valence-corrected chi connectivity index (χ1v) is 12.2. The molecule has 1 aliphatic carbocycles. The van der Waals surface area contributed by atoms with Crippen LogP contribution in [0.4, 0.5) is 0 Å². The molecule has 1 saturated carbocycles. The molecule has 2 aromatic heterocycles. The molecule has 0 aliphatic heterocycles. The van der Waals surface area contributed by atoms with Crippen LogP contribution in [0.15, 0.2) is 27.9 Å². The number of aromatic hydroxyl groups is 1. The highest BCUT2D eigenvalue weighted by Crippen LogP contribution is 2.32. The number of sulfonamides is 1. The lowest BCUT2D eigenvalue weighted by Gasteiger charge is -2.22. The van der Waals surface area contributed by atoms with Crippen molar-refractivity contribution in [2.24, 2.45) is 5.73 Å². The second-order valence-electron chi connectivity index (χ2n) is 8.23. The van der Waals surface area contributed by atoms with E-state index in [0.717, 1.165) is 36.1 Å². The van der Waals surface area contributed by atoms with Gasteiger partial charge in [0, 0.05) is 26.2 Å². The van der Waals surface area contributed by atoms with Gasteiger partial charge >= 0.3 is 0 Å². The lowest BCUT2D eigenvalue weighted by Crippen LogP contribution is -2.31. The van der Waals surface area contributed by atoms with E-state index in [0.29, 0.717) is 16.7 Å². The van der Waals surface area contributed by atoms with Gasteiger partial charge in [0.2, 0.25) is 10.0 Å². The minimum Gasteiger partial charge on any atom is -0.507 e. The highest BCUT2D eigenvalue weighted by Gasteiger charge is 2.25. The zero-order valence-corrected chi connectivity index (χ0v) is 19.0. The summed E-state index contributed by atoms with van der Waals surface area (Å²) in [6.45, 7) is 2.14. The normalized spacial score (nSPS) is 15.6. The summed E-state index contributed by atoms with van der Waals surface area (Å²) in [4.78, 5) is 20.2. The van der Waals surface area contributed by atoms with Crippen LogP contribution in [0.1, 0.15) is 43.8 Å². The third-order valence-corrected chi connectivity index (χ3v) is 7.87. The molecule has 0 radical (unpaired) electrons. The molecule has 0 saturated heterocycles. The number of hydrogen-bond acceptors (Lipinski definition) is 7. The largest absolute Gasteiger partial charge is 0.507 e. The van der Waals surface area contributed by atoms with Gasteiger partial charge in [-0.3, -0.25) is 9.48 Å². The third kappa shape index (κ3) is 3.91. The van der Waals surface area contributed by atoms with Gasteiger partial charge in [0.15, 0.2) is 5.52 Å². The van der Waals surface area contributed by atoms with Crippen molar-refractivity contribution in [3.63, 3.8) is 0 Å². The fraction of sp³-hybridized carbons (Fsp3) is 0.476. The third-order valence-electron chi connectivity index (χ3n) is 6.02. The average molecular weight is 461 g/mol. The number of nitrogens with zero attached hydrogens (tertiary/aromatic N) is 4. The van der Waals surface area contributed by atoms with Gasteiger partial charge < -0.3 is 15.8 Å². The van der Waals surface area contributed by atoms with Gasteiger partial charge in [0.05, 0.1) is 22.2 Å². The van der Waals surface area contributed by atoms with Gasteiger partial charge in [-0.25, -0.2) is 13.4 Å². The number of nitrogens with one attached hydrogen (secondary N) is 1. The molecule has 4 N–H and O–H groups in total. The molecule has 2 heterocycles. The maximum Gasteiger partial charge on any atom is 0.277 e. The fourth-order valence-corrected chi connectivity index (χ4v) is 5.47. The number of phenols is 1. The van der Waals surface area contributed by atoms with E-state index in [1.54, 1.807) is 11.6 Å². The predicted octanol–water partition coefficient (Wildman–Crippen LogP) is 1.89. The van der Waals surface area contributed by atoms with Crippen LogP contribution < -0.4 is 11.3 Å². The summed E-state index contributed by atoms with van der Waals surface area (Å²) in [5, 5.41) is 15.2. The first kappa shape index (κ1) is 22.4. The summed E-state index contributed by atoms with van der Waals surface area (Å²) in [5.41, 5.74) is 6.89. The summed E-state index contributed by atoms with van der Waals surface area (Å²) < 4.78 is 28.2. The maximum atomic E-state index is 13.0. The van der Waals surface area contributed by atoms with Crippen molar-refractivity contribution in [2.75, 3.05) is 20.1 Å². The first-order valence-electron chi connectivity index (χ1n) is 10.7. The smallest absolute Gasteiger partial charge is 0.277 e. The fourth-order valence-electron chi connectivity index (χ4n) is 4.26. The van der Waals surface area contributed by atoms with Crippen molar-refractivity contribution in [1.82, 2.24) is 24.1 Å². The van der Waals surface area contributed by atoms with E-state index >= 15 is 0 Å². The SMILES string of the molecule is Cc1nn(C2CCCCC2)c2c(=O)[nH]c(-c3ccc(S(=O)(=O)N(C)CCN)cc3O)nc12. The quantitative estimate of drug-likeness (QED) is 0.509. The second-order valence-corrected chi connectivity index (χ2v) is 10.3. The molecule has 11 heteroatoms. The lowest BCUT2D eigenvalue weighted by molar-refractivity contribution is 0.336. The van der Waals surface area contributed by atoms with Crippen molar-refractivity contribution in [2.45, 2.75) is 50.0 Å². The van der Waals surface area contributed by atoms with Crippen molar-refractivity contribution < 1.29 is 13.5 Å². The minimum atomic E-state index is -3.79. The van der Waals surface area contributed by atoms with Crippen LogP contribution >= 0.6 is 0 Å². The molecular weight excluding hydrogens is 432 g/mol. The monoisotopic (exact) mass is 460 g/mol. The molecule has 1 aliphatic rings. The van der Waals surface area contributed by atoms with E-state index in [2.05, 4.69) is 15.1 Å². The summed E-state index contributed by atoms with van der Waals surface area (Å²) in [6.07, 6.45) is 5.37.